The maximum atomic E-state index is 6.00. The molecule has 2 aromatic carbocycles. The van der Waals surface area contributed by atoms with Crippen LogP contribution in [-0.2, 0) is 6.54 Å². The van der Waals surface area contributed by atoms with Crippen molar-refractivity contribution in [3.05, 3.63) is 59.1 Å². The third-order valence-corrected chi connectivity index (χ3v) is 6.39. The molecule has 28 heavy (non-hydrogen) atoms. The summed E-state index contributed by atoms with van der Waals surface area (Å²) in [4.78, 5) is 7.74. The highest BCUT2D eigenvalue weighted by molar-refractivity contribution is 6.30. The molecule has 0 N–H and O–H groups in total. The molecule has 0 bridgehead atoms. The van der Waals surface area contributed by atoms with Crippen LogP contribution in [0.25, 0.3) is 0 Å². The van der Waals surface area contributed by atoms with E-state index in [0.29, 0.717) is 0 Å². The van der Waals surface area contributed by atoms with Crippen molar-refractivity contribution in [3.8, 4) is 5.75 Å². The van der Waals surface area contributed by atoms with Crippen LogP contribution in [0.3, 0.4) is 0 Å². The van der Waals surface area contributed by atoms with E-state index in [1.54, 1.807) is 7.11 Å². The zero-order chi connectivity index (χ0) is 19.3. The highest BCUT2D eigenvalue weighted by Crippen LogP contribution is 2.29. The Morgan fingerprint density at radius 1 is 0.893 bits per heavy atom. The summed E-state index contributed by atoms with van der Waals surface area (Å²) in [5, 5.41) is 0.815. The Balaban J connectivity index is 1.25. The van der Waals surface area contributed by atoms with Crippen molar-refractivity contribution in [2.45, 2.75) is 25.4 Å². The number of rotatable bonds is 5. The Labute approximate surface area is 173 Å². The fraction of sp³-hybridized carbons (Fsp3) is 0.478. The molecule has 0 atom stereocenters. The molecule has 0 radical (unpaired) electrons. The van der Waals surface area contributed by atoms with Crippen LogP contribution in [0.4, 0.5) is 5.69 Å². The van der Waals surface area contributed by atoms with Crippen LogP contribution in [0.5, 0.6) is 5.75 Å². The number of methoxy groups -OCH3 is 1. The summed E-state index contributed by atoms with van der Waals surface area (Å²) < 4.78 is 5.54. The van der Waals surface area contributed by atoms with Gasteiger partial charge in [-0.15, -0.1) is 0 Å². The molecule has 0 saturated carbocycles. The molecular formula is C23H30ClN3O. The van der Waals surface area contributed by atoms with Crippen molar-refractivity contribution in [1.82, 2.24) is 9.80 Å². The molecule has 2 aliphatic heterocycles. The van der Waals surface area contributed by atoms with E-state index in [4.69, 9.17) is 16.3 Å². The van der Waals surface area contributed by atoms with Crippen LogP contribution in [-0.4, -0.2) is 62.2 Å². The summed E-state index contributed by atoms with van der Waals surface area (Å²) in [5.41, 5.74) is 2.58. The van der Waals surface area contributed by atoms with Gasteiger partial charge < -0.3 is 9.64 Å². The van der Waals surface area contributed by atoms with Gasteiger partial charge in [0.2, 0.25) is 0 Å². The zero-order valence-electron chi connectivity index (χ0n) is 16.7. The van der Waals surface area contributed by atoms with E-state index in [9.17, 15) is 0 Å². The van der Waals surface area contributed by atoms with Crippen molar-refractivity contribution in [2.24, 2.45) is 0 Å². The number of nitrogens with zero attached hydrogens (tertiary/aromatic N) is 3. The van der Waals surface area contributed by atoms with E-state index in [-0.39, 0.29) is 0 Å². The van der Waals surface area contributed by atoms with Gasteiger partial charge in [-0.05, 0) is 55.8 Å². The molecule has 0 amide bonds. The van der Waals surface area contributed by atoms with E-state index in [2.05, 4.69) is 45.0 Å². The molecule has 0 spiro atoms. The molecule has 2 aliphatic rings. The minimum absolute atomic E-state index is 0.723. The summed E-state index contributed by atoms with van der Waals surface area (Å²) in [6.45, 7) is 7.82. The minimum Gasteiger partial charge on any atom is -0.495 e. The van der Waals surface area contributed by atoms with E-state index < -0.39 is 0 Å². The highest BCUT2D eigenvalue weighted by Gasteiger charge is 2.28. The fourth-order valence-corrected chi connectivity index (χ4v) is 4.64. The van der Waals surface area contributed by atoms with Gasteiger partial charge in [0, 0.05) is 43.8 Å². The second-order valence-corrected chi connectivity index (χ2v) is 8.27. The van der Waals surface area contributed by atoms with Crippen LogP contribution >= 0.6 is 11.6 Å². The molecule has 0 unspecified atom stereocenters. The standard InChI is InChI=1S/C23H30ClN3O/c1-28-23-5-3-2-4-22(23)27-16-14-26(15-17-27)21-10-12-25(13-11-21)18-19-6-8-20(24)9-7-19/h2-9,21H,10-18H2,1H3. The molecular weight excluding hydrogens is 370 g/mol. The quantitative estimate of drug-likeness (QED) is 0.752. The van der Waals surface area contributed by atoms with Gasteiger partial charge in [0.1, 0.15) is 5.75 Å². The molecule has 4 rings (SSSR count). The SMILES string of the molecule is COc1ccccc1N1CCN(C2CCN(Cc3ccc(Cl)cc3)CC2)CC1. The van der Waals surface area contributed by atoms with Crippen molar-refractivity contribution in [1.29, 1.82) is 0 Å². The van der Waals surface area contributed by atoms with Gasteiger partial charge in [0.25, 0.3) is 0 Å². The summed E-state index contributed by atoms with van der Waals surface area (Å²) >= 11 is 6.00. The minimum atomic E-state index is 0.723. The molecule has 2 fully saturated rings. The van der Waals surface area contributed by atoms with Gasteiger partial charge in [-0.25, -0.2) is 0 Å². The van der Waals surface area contributed by atoms with Crippen molar-refractivity contribution in [3.63, 3.8) is 0 Å². The van der Waals surface area contributed by atoms with Crippen LogP contribution in [0.1, 0.15) is 18.4 Å². The smallest absolute Gasteiger partial charge is 0.142 e. The number of hydrogen-bond acceptors (Lipinski definition) is 4. The Morgan fingerprint density at radius 3 is 2.25 bits per heavy atom. The normalized spacial score (nSPS) is 19.7. The molecule has 5 heteroatoms. The predicted molar refractivity (Wildman–Crippen MR) is 117 cm³/mol. The highest BCUT2D eigenvalue weighted by atomic mass is 35.5. The summed E-state index contributed by atoms with van der Waals surface area (Å²) in [6, 6.07) is 17.4. The van der Waals surface area contributed by atoms with Crippen LogP contribution in [0.15, 0.2) is 48.5 Å². The van der Waals surface area contributed by atoms with E-state index in [0.717, 1.165) is 49.5 Å². The van der Waals surface area contributed by atoms with E-state index in [1.807, 2.05) is 18.2 Å². The number of para-hydroxylation sites is 2. The lowest BCUT2D eigenvalue weighted by Crippen LogP contribution is -2.53. The van der Waals surface area contributed by atoms with E-state index >= 15 is 0 Å². The first kappa shape index (κ1) is 19.6. The number of benzene rings is 2. The fourth-order valence-electron chi connectivity index (χ4n) is 4.51. The first-order chi connectivity index (χ1) is 13.7. The second-order valence-electron chi connectivity index (χ2n) is 7.83. The first-order valence-electron chi connectivity index (χ1n) is 10.3. The molecule has 4 nitrogen and oxygen atoms in total. The number of halogens is 1. The van der Waals surface area contributed by atoms with Gasteiger partial charge in [-0.3, -0.25) is 9.80 Å². The predicted octanol–water partition coefficient (Wildman–Crippen LogP) is 4.14. The van der Waals surface area contributed by atoms with Crippen molar-refractivity contribution >= 4 is 17.3 Å². The number of ether oxygens (including phenoxy) is 1. The summed E-state index contributed by atoms with van der Waals surface area (Å²) in [7, 11) is 1.76. The van der Waals surface area contributed by atoms with Gasteiger partial charge in [0.15, 0.2) is 0 Å². The Morgan fingerprint density at radius 2 is 1.57 bits per heavy atom. The average molecular weight is 400 g/mol. The maximum absolute atomic E-state index is 6.00. The molecule has 2 saturated heterocycles. The van der Waals surface area contributed by atoms with Crippen molar-refractivity contribution < 1.29 is 4.74 Å². The van der Waals surface area contributed by atoms with Crippen LogP contribution < -0.4 is 9.64 Å². The van der Waals surface area contributed by atoms with Gasteiger partial charge in [-0.1, -0.05) is 35.9 Å². The topological polar surface area (TPSA) is 19.0 Å². The molecule has 2 aromatic rings. The Kier molecular flexibility index (Phi) is 6.40. The molecule has 0 aliphatic carbocycles. The third-order valence-electron chi connectivity index (χ3n) is 6.13. The lowest BCUT2D eigenvalue weighted by atomic mass is 10.0. The molecule has 150 valence electrons. The summed E-state index contributed by atoms with van der Waals surface area (Å²) in [6.07, 6.45) is 2.53. The number of piperidine rings is 1. The average Bonchev–Trinajstić information content (AvgIpc) is 2.76. The van der Waals surface area contributed by atoms with Crippen molar-refractivity contribution in [2.75, 3.05) is 51.3 Å². The monoisotopic (exact) mass is 399 g/mol. The number of hydrogen-bond donors (Lipinski definition) is 0. The molecule has 0 aromatic heterocycles. The number of likely N-dealkylation sites (tertiary alicyclic amines) is 1. The second kappa shape index (κ2) is 9.17. The summed E-state index contributed by atoms with van der Waals surface area (Å²) in [5.74, 6) is 0.978. The Hall–Kier alpha value is -1.75. The third kappa shape index (κ3) is 4.62. The number of piperazine rings is 1. The Bertz CT molecular complexity index is 751. The zero-order valence-corrected chi connectivity index (χ0v) is 17.4. The first-order valence-corrected chi connectivity index (χ1v) is 10.7. The lowest BCUT2D eigenvalue weighted by molar-refractivity contribution is 0.0997. The van der Waals surface area contributed by atoms with Crippen LogP contribution in [0.2, 0.25) is 5.02 Å². The molecule has 2 heterocycles. The van der Waals surface area contributed by atoms with Gasteiger partial charge in [0.05, 0.1) is 12.8 Å². The maximum Gasteiger partial charge on any atom is 0.142 e. The van der Waals surface area contributed by atoms with Crippen LogP contribution in [0, 0.1) is 0 Å². The van der Waals surface area contributed by atoms with Gasteiger partial charge >= 0.3 is 0 Å². The van der Waals surface area contributed by atoms with E-state index in [1.165, 1.54) is 37.2 Å². The number of anilines is 1. The lowest BCUT2D eigenvalue weighted by Gasteiger charge is -2.43. The van der Waals surface area contributed by atoms with Gasteiger partial charge in [-0.2, -0.15) is 0 Å². The largest absolute Gasteiger partial charge is 0.495 e.